The van der Waals surface area contributed by atoms with Crippen LogP contribution in [0.1, 0.15) is 23.0 Å². The quantitative estimate of drug-likeness (QED) is 0.740. The summed E-state index contributed by atoms with van der Waals surface area (Å²) < 4.78 is 7.76. The lowest BCUT2D eigenvalue weighted by atomic mass is 10.1. The molecule has 0 radical (unpaired) electrons. The first-order chi connectivity index (χ1) is 11.8. The Hall–Kier alpha value is -2.66. The van der Waals surface area contributed by atoms with E-state index in [4.69, 9.17) is 4.74 Å². The summed E-state index contributed by atoms with van der Waals surface area (Å²) in [5.74, 6) is 0. The van der Waals surface area contributed by atoms with Crippen LogP contribution in [0.3, 0.4) is 0 Å². The number of nitrogens with zero attached hydrogens (tertiary/aromatic N) is 4. The first-order valence-corrected chi connectivity index (χ1v) is 8.18. The molecule has 0 spiro atoms. The van der Waals surface area contributed by atoms with E-state index < -0.39 is 0 Å². The highest BCUT2D eigenvalue weighted by atomic mass is 16.5. The van der Waals surface area contributed by atoms with Gasteiger partial charge in [0.05, 0.1) is 19.3 Å². The molecule has 1 aromatic heterocycles. The van der Waals surface area contributed by atoms with Crippen molar-refractivity contribution in [2.24, 2.45) is 0 Å². The normalized spacial score (nSPS) is 17.4. The van der Waals surface area contributed by atoms with Gasteiger partial charge >= 0.3 is 0 Å². The Balaban J connectivity index is 1.52. The molecule has 2 aromatic carbocycles. The Morgan fingerprint density at radius 3 is 2.67 bits per heavy atom. The van der Waals surface area contributed by atoms with Crippen LogP contribution >= 0.6 is 0 Å². The molecule has 0 aliphatic carbocycles. The minimum Gasteiger partial charge on any atom is -0.350 e. The smallest absolute Gasteiger partial charge is 0.177 e. The lowest BCUT2D eigenvalue weighted by molar-refractivity contribution is 0.110. The molecule has 0 amide bonds. The molecule has 4 rings (SSSR count). The zero-order valence-electron chi connectivity index (χ0n) is 13.7. The Morgan fingerprint density at radius 2 is 1.88 bits per heavy atom. The molecule has 3 aromatic rings. The van der Waals surface area contributed by atoms with Gasteiger partial charge in [-0.05, 0) is 24.6 Å². The first-order valence-electron chi connectivity index (χ1n) is 8.18. The van der Waals surface area contributed by atoms with E-state index in [9.17, 15) is 0 Å². The van der Waals surface area contributed by atoms with E-state index in [1.165, 1.54) is 11.1 Å². The third-order valence-corrected chi connectivity index (χ3v) is 4.25. The summed E-state index contributed by atoms with van der Waals surface area (Å²) in [6.07, 6.45) is 1.81. The Kier molecular flexibility index (Phi) is 4.01. The van der Waals surface area contributed by atoms with Crippen LogP contribution in [-0.4, -0.2) is 28.1 Å². The van der Waals surface area contributed by atoms with E-state index in [2.05, 4.69) is 58.5 Å². The highest BCUT2D eigenvalue weighted by Gasteiger charge is 2.29. The topological polar surface area (TPSA) is 43.2 Å². The predicted octanol–water partition coefficient (Wildman–Crippen LogP) is 3.17. The molecule has 0 unspecified atom stereocenters. The average molecular weight is 320 g/mol. The number of ether oxygens (including phenoxy) is 1. The SMILES string of the molecule is Cc1ccc(Cn2cc([C@@H]3OCCN3c3ccccc3)nn2)cc1. The number of para-hydroxylation sites is 1. The predicted molar refractivity (Wildman–Crippen MR) is 92.8 cm³/mol. The van der Waals surface area contributed by atoms with E-state index in [-0.39, 0.29) is 6.23 Å². The molecule has 1 atom stereocenters. The highest BCUT2D eigenvalue weighted by Crippen LogP contribution is 2.30. The standard InChI is InChI=1S/C19H20N4O/c1-15-7-9-16(10-8-15)13-22-14-18(20-21-22)19-23(11-12-24-19)17-5-3-2-4-6-17/h2-10,14,19H,11-13H2,1H3/t19-/m0/s1. The maximum Gasteiger partial charge on any atom is 0.177 e. The number of benzene rings is 2. The second kappa shape index (κ2) is 6.45. The van der Waals surface area contributed by atoms with Gasteiger partial charge in [0.1, 0.15) is 5.69 Å². The fourth-order valence-electron chi connectivity index (χ4n) is 2.98. The number of hydrogen-bond acceptors (Lipinski definition) is 4. The van der Waals surface area contributed by atoms with Crippen LogP contribution < -0.4 is 4.90 Å². The van der Waals surface area contributed by atoms with E-state index in [1.807, 2.05) is 29.1 Å². The van der Waals surface area contributed by atoms with Crippen LogP contribution in [0.4, 0.5) is 5.69 Å². The number of hydrogen-bond donors (Lipinski definition) is 0. The van der Waals surface area contributed by atoms with Gasteiger partial charge in [-0.15, -0.1) is 5.10 Å². The van der Waals surface area contributed by atoms with Gasteiger partial charge in [-0.2, -0.15) is 0 Å². The molecule has 1 aliphatic rings. The molecule has 0 saturated carbocycles. The van der Waals surface area contributed by atoms with E-state index in [0.29, 0.717) is 13.2 Å². The summed E-state index contributed by atoms with van der Waals surface area (Å²) >= 11 is 0. The van der Waals surface area contributed by atoms with Gasteiger partial charge in [0.25, 0.3) is 0 Å². The van der Waals surface area contributed by atoms with Crippen molar-refractivity contribution in [1.82, 2.24) is 15.0 Å². The van der Waals surface area contributed by atoms with Crippen LogP contribution in [0.2, 0.25) is 0 Å². The number of anilines is 1. The maximum atomic E-state index is 5.90. The second-order valence-electron chi connectivity index (χ2n) is 6.08. The number of aromatic nitrogens is 3. The number of aryl methyl sites for hydroxylation is 1. The molecule has 0 N–H and O–H groups in total. The van der Waals surface area contributed by atoms with Crippen LogP contribution in [0.5, 0.6) is 0 Å². The lowest BCUT2D eigenvalue weighted by Crippen LogP contribution is -2.23. The van der Waals surface area contributed by atoms with E-state index >= 15 is 0 Å². The second-order valence-corrected chi connectivity index (χ2v) is 6.08. The summed E-state index contributed by atoms with van der Waals surface area (Å²) in [4.78, 5) is 2.22. The van der Waals surface area contributed by atoms with Crippen LogP contribution in [0, 0.1) is 6.92 Å². The van der Waals surface area contributed by atoms with Crippen molar-refractivity contribution in [3.63, 3.8) is 0 Å². The van der Waals surface area contributed by atoms with Gasteiger partial charge in [0.2, 0.25) is 0 Å². The Labute approximate surface area is 141 Å². The third kappa shape index (κ3) is 3.03. The molecular weight excluding hydrogens is 300 g/mol. The molecule has 122 valence electrons. The molecule has 5 heteroatoms. The van der Waals surface area contributed by atoms with Crippen molar-refractivity contribution in [3.05, 3.63) is 77.6 Å². The summed E-state index contributed by atoms with van der Waals surface area (Å²) in [6, 6.07) is 18.8. The van der Waals surface area contributed by atoms with Crippen molar-refractivity contribution >= 4 is 5.69 Å². The Bertz CT molecular complexity index is 798. The fourth-order valence-corrected chi connectivity index (χ4v) is 2.98. The first kappa shape index (κ1) is 14.9. The third-order valence-electron chi connectivity index (χ3n) is 4.25. The Morgan fingerprint density at radius 1 is 1.08 bits per heavy atom. The molecular formula is C19H20N4O. The fraction of sp³-hybridized carbons (Fsp3) is 0.263. The lowest BCUT2D eigenvalue weighted by Gasteiger charge is -2.23. The summed E-state index contributed by atoms with van der Waals surface area (Å²) in [5.41, 5.74) is 4.47. The molecule has 5 nitrogen and oxygen atoms in total. The summed E-state index contributed by atoms with van der Waals surface area (Å²) in [7, 11) is 0. The van der Waals surface area contributed by atoms with Gasteiger partial charge in [0.15, 0.2) is 6.23 Å². The highest BCUT2D eigenvalue weighted by molar-refractivity contribution is 5.48. The largest absolute Gasteiger partial charge is 0.350 e. The van der Waals surface area contributed by atoms with Crippen molar-refractivity contribution in [2.75, 3.05) is 18.1 Å². The van der Waals surface area contributed by atoms with Crippen LogP contribution in [0.15, 0.2) is 60.8 Å². The zero-order chi connectivity index (χ0) is 16.4. The van der Waals surface area contributed by atoms with Crippen molar-refractivity contribution in [3.8, 4) is 0 Å². The summed E-state index contributed by atoms with van der Waals surface area (Å²) in [6.45, 7) is 4.36. The molecule has 1 fully saturated rings. The van der Waals surface area contributed by atoms with Crippen molar-refractivity contribution < 1.29 is 4.74 Å². The van der Waals surface area contributed by atoms with Crippen molar-refractivity contribution in [1.29, 1.82) is 0 Å². The van der Waals surface area contributed by atoms with Gasteiger partial charge in [-0.3, -0.25) is 0 Å². The van der Waals surface area contributed by atoms with Gasteiger partial charge in [-0.25, -0.2) is 4.68 Å². The van der Waals surface area contributed by atoms with Gasteiger partial charge < -0.3 is 9.64 Å². The molecule has 0 bridgehead atoms. The minimum absolute atomic E-state index is 0.167. The van der Waals surface area contributed by atoms with Gasteiger partial charge in [0, 0.05) is 12.2 Å². The monoisotopic (exact) mass is 320 g/mol. The zero-order valence-corrected chi connectivity index (χ0v) is 13.7. The van der Waals surface area contributed by atoms with Crippen LogP contribution in [0.25, 0.3) is 0 Å². The average Bonchev–Trinajstić information content (AvgIpc) is 3.27. The van der Waals surface area contributed by atoms with Crippen molar-refractivity contribution in [2.45, 2.75) is 19.7 Å². The van der Waals surface area contributed by atoms with Gasteiger partial charge in [-0.1, -0.05) is 53.2 Å². The maximum absolute atomic E-state index is 5.90. The number of rotatable bonds is 4. The molecule has 1 saturated heterocycles. The van der Waals surface area contributed by atoms with E-state index in [1.54, 1.807) is 0 Å². The summed E-state index contributed by atoms with van der Waals surface area (Å²) in [5, 5.41) is 8.60. The molecule has 2 heterocycles. The van der Waals surface area contributed by atoms with E-state index in [0.717, 1.165) is 17.9 Å². The molecule has 24 heavy (non-hydrogen) atoms. The minimum atomic E-state index is -0.167. The van der Waals surface area contributed by atoms with Crippen LogP contribution in [-0.2, 0) is 11.3 Å². The molecule has 1 aliphatic heterocycles.